The van der Waals surface area contributed by atoms with E-state index < -0.39 is 0 Å². The van der Waals surface area contributed by atoms with Gasteiger partial charge in [0.25, 0.3) is 0 Å². The van der Waals surface area contributed by atoms with Gasteiger partial charge in [0.1, 0.15) is 6.07 Å². The first kappa shape index (κ1) is 18.6. The number of furan rings is 1. The Morgan fingerprint density at radius 3 is 2.93 bits per heavy atom. The third-order valence-corrected chi connectivity index (χ3v) is 6.45. The summed E-state index contributed by atoms with van der Waals surface area (Å²) in [6.07, 6.45) is 8.70. The van der Waals surface area contributed by atoms with Crippen LogP contribution in [0.2, 0.25) is 0 Å². The maximum absolute atomic E-state index is 9.01. The zero-order valence-corrected chi connectivity index (χ0v) is 17.0. The molecule has 1 atom stereocenters. The topological polar surface area (TPSA) is 74.7 Å². The second-order valence-electron chi connectivity index (χ2n) is 7.30. The van der Waals surface area contributed by atoms with Crippen molar-refractivity contribution in [3.05, 3.63) is 22.5 Å². The molecule has 4 rings (SSSR count). The minimum Gasteiger partial charge on any atom is -0.444 e. The first-order chi connectivity index (χ1) is 13.2. The molecule has 0 N–H and O–H groups in total. The lowest BCUT2D eigenvalue weighted by Gasteiger charge is -2.39. The molecule has 2 aromatic heterocycles. The Morgan fingerprint density at radius 1 is 1.37 bits per heavy atom. The van der Waals surface area contributed by atoms with Crippen molar-refractivity contribution in [1.29, 1.82) is 5.26 Å². The van der Waals surface area contributed by atoms with E-state index in [1.165, 1.54) is 25.1 Å². The molecule has 0 bridgehead atoms. The van der Waals surface area contributed by atoms with Gasteiger partial charge >= 0.3 is 0 Å². The van der Waals surface area contributed by atoms with E-state index in [2.05, 4.69) is 25.8 Å². The molecule has 2 aliphatic rings. The van der Waals surface area contributed by atoms with Gasteiger partial charge in [0.15, 0.2) is 11.4 Å². The lowest BCUT2D eigenvalue weighted by molar-refractivity contribution is 0.0110. The number of ether oxygens (including phenoxy) is 1. The fraction of sp³-hybridized carbons (Fsp3) is 0.550. The van der Waals surface area contributed by atoms with Crippen LogP contribution in [0.3, 0.4) is 0 Å². The highest BCUT2D eigenvalue weighted by molar-refractivity contribution is 9.10. The molecule has 0 radical (unpaired) electrons. The van der Waals surface area contributed by atoms with Crippen molar-refractivity contribution in [2.45, 2.75) is 50.7 Å². The van der Waals surface area contributed by atoms with Crippen LogP contribution in [-0.2, 0) is 4.74 Å². The Hall–Kier alpha value is -1.75. The summed E-state index contributed by atoms with van der Waals surface area (Å²) >= 11 is 3.58. The van der Waals surface area contributed by atoms with Crippen molar-refractivity contribution in [3.63, 3.8) is 0 Å². The molecule has 1 aliphatic carbocycles. The van der Waals surface area contributed by atoms with Crippen LogP contribution in [0.15, 0.2) is 26.1 Å². The quantitative estimate of drug-likeness (QED) is 0.711. The molecule has 0 amide bonds. The van der Waals surface area contributed by atoms with Crippen LogP contribution in [0, 0.1) is 11.3 Å². The molecule has 6 nitrogen and oxygen atoms in total. The molecule has 27 heavy (non-hydrogen) atoms. The second kappa shape index (κ2) is 8.09. The number of methoxy groups -OCH3 is 1. The molecule has 7 heteroatoms. The number of halogens is 1. The number of nitriles is 1. The largest absolute Gasteiger partial charge is 0.444 e. The highest BCUT2D eigenvalue weighted by atomic mass is 79.9. The Bertz CT molecular complexity index is 891. The number of aliphatic imine (C=N–C) groups is 1. The van der Waals surface area contributed by atoms with Gasteiger partial charge in [-0.1, -0.05) is 0 Å². The highest BCUT2D eigenvalue weighted by Gasteiger charge is 2.28. The first-order valence-corrected chi connectivity index (χ1v) is 10.3. The average Bonchev–Trinajstić information content (AvgIpc) is 3.15. The number of rotatable bonds is 3. The maximum Gasteiger partial charge on any atom is 0.204 e. The third-order valence-electron chi connectivity index (χ3n) is 5.66. The van der Waals surface area contributed by atoms with Gasteiger partial charge < -0.3 is 9.15 Å². The van der Waals surface area contributed by atoms with Crippen LogP contribution >= 0.6 is 15.9 Å². The van der Waals surface area contributed by atoms with E-state index >= 15 is 0 Å². The fourth-order valence-corrected chi connectivity index (χ4v) is 4.66. The fourth-order valence-electron chi connectivity index (χ4n) is 4.16. The average molecular weight is 431 g/mol. The Labute approximate surface area is 167 Å². The SMILES string of the molecule is COC1CCCN(C2CCC(=Nc3ncc4oc(C#N)cc4c3Br)CC2)C1. The molecule has 3 heterocycles. The summed E-state index contributed by atoms with van der Waals surface area (Å²) in [6, 6.07) is 4.38. The van der Waals surface area contributed by atoms with Crippen molar-refractivity contribution in [3.8, 4) is 6.07 Å². The molecule has 1 unspecified atom stereocenters. The molecule has 2 aromatic rings. The van der Waals surface area contributed by atoms with Gasteiger partial charge in [-0.25, -0.2) is 9.98 Å². The molecular weight excluding hydrogens is 408 g/mol. The van der Waals surface area contributed by atoms with E-state index in [9.17, 15) is 0 Å². The second-order valence-corrected chi connectivity index (χ2v) is 8.09. The van der Waals surface area contributed by atoms with Crippen molar-refractivity contribution in [1.82, 2.24) is 9.88 Å². The molecule has 142 valence electrons. The first-order valence-electron chi connectivity index (χ1n) is 9.49. The zero-order chi connectivity index (χ0) is 18.8. The summed E-state index contributed by atoms with van der Waals surface area (Å²) < 4.78 is 11.8. The summed E-state index contributed by atoms with van der Waals surface area (Å²) in [5, 5.41) is 9.85. The van der Waals surface area contributed by atoms with Gasteiger partial charge in [-0.3, -0.25) is 4.90 Å². The highest BCUT2D eigenvalue weighted by Crippen LogP contribution is 2.34. The summed E-state index contributed by atoms with van der Waals surface area (Å²) in [5.41, 5.74) is 1.80. The van der Waals surface area contributed by atoms with Gasteiger partial charge in [-0.15, -0.1) is 0 Å². The molecule has 0 aromatic carbocycles. The number of aromatic nitrogens is 1. The Kier molecular flexibility index (Phi) is 5.58. The molecule has 0 spiro atoms. The summed E-state index contributed by atoms with van der Waals surface area (Å²) in [6.45, 7) is 2.24. The summed E-state index contributed by atoms with van der Waals surface area (Å²) in [7, 11) is 1.82. The molecule has 1 saturated heterocycles. The van der Waals surface area contributed by atoms with Crippen molar-refractivity contribution in [2.75, 3.05) is 20.2 Å². The maximum atomic E-state index is 9.01. The predicted molar refractivity (Wildman–Crippen MR) is 107 cm³/mol. The third kappa shape index (κ3) is 3.93. The number of fused-ring (bicyclic) bond motifs is 1. The van der Waals surface area contributed by atoms with Crippen molar-refractivity contribution >= 4 is 38.4 Å². The van der Waals surface area contributed by atoms with Gasteiger partial charge in [-0.2, -0.15) is 5.26 Å². The van der Waals surface area contributed by atoms with Crippen LogP contribution < -0.4 is 0 Å². The van der Waals surface area contributed by atoms with E-state index in [0.29, 0.717) is 23.5 Å². The summed E-state index contributed by atoms with van der Waals surface area (Å²) in [5.74, 6) is 0.951. The molecule has 1 aliphatic heterocycles. The minimum absolute atomic E-state index is 0.286. The van der Waals surface area contributed by atoms with Crippen LogP contribution in [0.4, 0.5) is 5.82 Å². The van der Waals surface area contributed by atoms with E-state index in [-0.39, 0.29) is 5.76 Å². The number of pyridine rings is 1. The van der Waals surface area contributed by atoms with E-state index in [0.717, 1.165) is 42.1 Å². The standard InChI is InChI=1S/C20H23BrN4O2/c1-26-15-3-2-8-25(12-15)14-6-4-13(5-7-14)24-20-19(21)17-9-16(10-22)27-18(17)11-23-20/h9,11,14-15H,2-8,12H2,1H3. The Morgan fingerprint density at radius 2 is 2.19 bits per heavy atom. The van der Waals surface area contributed by atoms with E-state index in [4.69, 9.17) is 19.4 Å². The number of hydrogen-bond donors (Lipinski definition) is 0. The lowest BCUT2D eigenvalue weighted by Crippen LogP contribution is -2.46. The smallest absolute Gasteiger partial charge is 0.204 e. The predicted octanol–water partition coefficient (Wildman–Crippen LogP) is 4.59. The van der Waals surface area contributed by atoms with Crippen molar-refractivity contribution in [2.24, 2.45) is 4.99 Å². The van der Waals surface area contributed by atoms with Crippen molar-refractivity contribution < 1.29 is 9.15 Å². The molecular formula is C20H23BrN4O2. The van der Waals surface area contributed by atoms with Crippen LogP contribution in [0.1, 0.15) is 44.3 Å². The monoisotopic (exact) mass is 430 g/mol. The Balaban J connectivity index is 1.45. The zero-order valence-electron chi connectivity index (χ0n) is 15.4. The minimum atomic E-state index is 0.286. The number of likely N-dealkylation sites (tertiary alicyclic amines) is 1. The van der Waals surface area contributed by atoms with Gasteiger partial charge in [0.2, 0.25) is 5.76 Å². The lowest BCUT2D eigenvalue weighted by atomic mass is 9.91. The number of hydrogen-bond acceptors (Lipinski definition) is 6. The van der Waals surface area contributed by atoms with E-state index in [1.807, 2.05) is 13.2 Å². The number of nitrogens with zero attached hydrogens (tertiary/aromatic N) is 4. The van der Waals surface area contributed by atoms with Gasteiger partial charge in [0, 0.05) is 36.9 Å². The number of piperidine rings is 1. The normalized spacial score (nSPS) is 24.1. The van der Waals surface area contributed by atoms with Crippen LogP contribution in [-0.4, -0.2) is 47.9 Å². The molecule has 1 saturated carbocycles. The summed E-state index contributed by atoms with van der Waals surface area (Å²) in [4.78, 5) is 11.8. The van der Waals surface area contributed by atoms with E-state index in [1.54, 1.807) is 12.3 Å². The van der Waals surface area contributed by atoms with Crippen LogP contribution in [0.25, 0.3) is 11.0 Å². The van der Waals surface area contributed by atoms with Gasteiger partial charge in [0.05, 0.1) is 16.8 Å². The van der Waals surface area contributed by atoms with Crippen LogP contribution in [0.5, 0.6) is 0 Å². The van der Waals surface area contributed by atoms with Gasteiger partial charge in [-0.05, 0) is 61.0 Å². The molecule has 2 fully saturated rings.